The highest BCUT2D eigenvalue weighted by atomic mass is 19.1. The van der Waals surface area contributed by atoms with Crippen molar-refractivity contribution in [2.24, 2.45) is 0 Å². The van der Waals surface area contributed by atoms with Crippen molar-refractivity contribution in [3.8, 4) is 17.1 Å². The van der Waals surface area contributed by atoms with Crippen molar-refractivity contribution in [1.29, 1.82) is 0 Å². The molecule has 0 amide bonds. The Labute approximate surface area is 119 Å². The predicted molar refractivity (Wildman–Crippen MR) is 75.5 cm³/mol. The highest BCUT2D eigenvalue weighted by Gasteiger charge is 2.14. The third-order valence-corrected chi connectivity index (χ3v) is 3.13. The van der Waals surface area contributed by atoms with Crippen molar-refractivity contribution < 1.29 is 9.50 Å². The lowest BCUT2D eigenvalue weighted by Gasteiger charge is -2.07. The second-order valence-corrected chi connectivity index (χ2v) is 4.59. The molecule has 6 heteroatoms. The van der Waals surface area contributed by atoms with Gasteiger partial charge in [-0.15, -0.1) is 0 Å². The number of hydrogen-bond donors (Lipinski definition) is 2. The fraction of sp³-hybridized carbons (Fsp3) is 0.0667. The number of aromatic amines is 1. The first-order valence-electron chi connectivity index (χ1n) is 6.33. The average Bonchev–Trinajstić information content (AvgIpc) is 2.81. The van der Waals surface area contributed by atoms with Gasteiger partial charge in [0.1, 0.15) is 11.6 Å². The first kappa shape index (κ1) is 13.1. The Morgan fingerprint density at radius 3 is 2.76 bits per heavy atom. The molecule has 0 aliphatic carbocycles. The van der Waals surface area contributed by atoms with E-state index in [1.165, 1.54) is 22.8 Å². The summed E-state index contributed by atoms with van der Waals surface area (Å²) in [4.78, 5) is 11.9. The number of benzene rings is 2. The van der Waals surface area contributed by atoms with Crippen LogP contribution in [-0.4, -0.2) is 19.9 Å². The number of halogens is 1. The summed E-state index contributed by atoms with van der Waals surface area (Å²) in [5.41, 5.74) is 0.653. The van der Waals surface area contributed by atoms with Crippen molar-refractivity contribution in [2.45, 2.75) is 6.54 Å². The van der Waals surface area contributed by atoms with Gasteiger partial charge in [-0.1, -0.05) is 24.3 Å². The number of phenols is 1. The summed E-state index contributed by atoms with van der Waals surface area (Å²) in [5, 5.41) is 16.2. The van der Waals surface area contributed by atoms with Crippen LogP contribution in [0, 0.1) is 5.82 Å². The number of nitrogens with zero attached hydrogens (tertiary/aromatic N) is 2. The molecular formula is C15H12FN3O2. The Balaban J connectivity index is 2.06. The number of aromatic nitrogens is 3. The van der Waals surface area contributed by atoms with Gasteiger partial charge in [0.2, 0.25) is 0 Å². The van der Waals surface area contributed by atoms with E-state index in [0.29, 0.717) is 17.0 Å². The van der Waals surface area contributed by atoms with Crippen LogP contribution in [0.2, 0.25) is 0 Å². The second-order valence-electron chi connectivity index (χ2n) is 4.59. The number of aromatic hydroxyl groups is 1. The zero-order valence-electron chi connectivity index (χ0n) is 11.0. The maximum Gasteiger partial charge on any atom is 0.343 e. The number of para-hydroxylation sites is 1. The van der Waals surface area contributed by atoms with Crippen LogP contribution < -0.4 is 5.69 Å². The first-order valence-corrected chi connectivity index (χ1v) is 6.33. The quantitative estimate of drug-likeness (QED) is 0.774. The smallest absolute Gasteiger partial charge is 0.343 e. The van der Waals surface area contributed by atoms with E-state index in [2.05, 4.69) is 10.2 Å². The van der Waals surface area contributed by atoms with E-state index < -0.39 is 5.69 Å². The first-order chi connectivity index (χ1) is 10.1. The molecule has 0 saturated heterocycles. The van der Waals surface area contributed by atoms with Crippen LogP contribution in [0.5, 0.6) is 5.75 Å². The molecule has 1 aromatic heterocycles. The van der Waals surface area contributed by atoms with Gasteiger partial charge in [-0.3, -0.25) is 4.57 Å². The molecule has 0 bridgehead atoms. The van der Waals surface area contributed by atoms with Gasteiger partial charge in [0.15, 0.2) is 5.82 Å². The lowest BCUT2D eigenvalue weighted by Crippen LogP contribution is -2.18. The molecule has 0 spiro atoms. The van der Waals surface area contributed by atoms with Crippen LogP contribution in [0.15, 0.2) is 53.3 Å². The number of nitrogens with one attached hydrogen (secondary N) is 1. The van der Waals surface area contributed by atoms with Crippen molar-refractivity contribution in [1.82, 2.24) is 14.8 Å². The molecule has 0 fully saturated rings. The van der Waals surface area contributed by atoms with Gasteiger partial charge in [0, 0.05) is 0 Å². The highest BCUT2D eigenvalue weighted by molar-refractivity contribution is 5.63. The zero-order valence-corrected chi connectivity index (χ0v) is 11.0. The highest BCUT2D eigenvalue weighted by Crippen LogP contribution is 2.26. The van der Waals surface area contributed by atoms with Crippen molar-refractivity contribution in [2.75, 3.05) is 0 Å². The Morgan fingerprint density at radius 1 is 1.19 bits per heavy atom. The van der Waals surface area contributed by atoms with E-state index in [-0.39, 0.29) is 18.1 Å². The minimum atomic E-state index is -0.419. The summed E-state index contributed by atoms with van der Waals surface area (Å²) < 4.78 is 14.6. The molecule has 1 heterocycles. The van der Waals surface area contributed by atoms with E-state index >= 15 is 0 Å². The number of H-pyrrole nitrogens is 1. The minimum absolute atomic E-state index is 0.0250. The van der Waals surface area contributed by atoms with E-state index in [9.17, 15) is 14.3 Å². The molecule has 0 unspecified atom stereocenters. The van der Waals surface area contributed by atoms with Crippen molar-refractivity contribution >= 4 is 0 Å². The lowest BCUT2D eigenvalue weighted by molar-refractivity contribution is 0.476. The molecule has 5 nitrogen and oxygen atoms in total. The van der Waals surface area contributed by atoms with E-state index in [1.807, 2.05) is 0 Å². The molecule has 0 aliphatic rings. The maximum absolute atomic E-state index is 13.2. The number of hydrogen-bond acceptors (Lipinski definition) is 3. The van der Waals surface area contributed by atoms with E-state index in [4.69, 9.17) is 0 Å². The van der Waals surface area contributed by atoms with Gasteiger partial charge < -0.3 is 5.11 Å². The summed E-state index contributed by atoms with van der Waals surface area (Å²) in [7, 11) is 0. The molecule has 0 aliphatic heterocycles. The molecule has 2 N–H and O–H groups in total. The fourth-order valence-corrected chi connectivity index (χ4v) is 2.15. The molecular weight excluding hydrogens is 273 g/mol. The standard InChI is InChI=1S/C15H12FN3O2/c16-11-5-3-4-10(8-11)9-19-14(17-18-15(19)21)12-6-1-2-7-13(12)20/h1-8,20H,9H2,(H,18,21). The van der Waals surface area contributed by atoms with Gasteiger partial charge in [-0.2, -0.15) is 5.10 Å². The normalized spacial score (nSPS) is 10.7. The van der Waals surface area contributed by atoms with Crippen LogP contribution in [0.1, 0.15) is 5.56 Å². The van der Waals surface area contributed by atoms with Crippen molar-refractivity contribution in [3.05, 3.63) is 70.4 Å². The molecule has 2 aromatic carbocycles. The molecule has 0 atom stereocenters. The molecule has 0 saturated carbocycles. The molecule has 21 heavy (non-hydrogen) atoms. The summed E-state index contributed by atoms with van der Waals surface area (Å²) in [6, 6.07) is 12.6. The van der Waals surface area contributed by atoms with Crippen LogP contribution in [0.4, 0.5) is 4.39 Å². The topological polar surface area (TPSA) is 70.9 Å². The van der Waals surface area contributed by atoms with E-state index in [0.717, 1.165) is 0 Å². The van der Waals surface area contributed by atoms with Crippen LogP contribution in [-0.2, 0) is 6.54 Å². The Hall–Kier alpha value is -2.89. The lowest BCUT2D eigenvalue weighted by atomic mass is 10.1. The van der Waals surface area contributed by atoms with Crippen LogP contribution >= 0.6 is 0 Å². The summed E-state index contributed by atoms with van der Waals surface area (Å²) in [5.74, 6) is -0.0347. The summed E-state index contributed by atoms with van der Waals surface area (Å²) >= 11 is 0. The molecule has 0 radical (unpaired) electrons. The fourth-order valence-electron chi connectivity index (χ4n) is 2.15. The molecule has 3 rings (SSSR count). The SMILES string of the molecule is O=c1[nH]nc(-c2ccccc2O)n1Cc1cccc(F)c1. The van der Waals surface area contributed by atoms with Gasteiger partial charge >= 0.3 is 5.69 Å². The van der Waals surface area contributed by atoms with Crippen LogP contribution in [0.25, 0.3) is 11.4 Å². The maximum atomic E-state index is 13.2. The monoisotopic (exact) mass is 285 g/mol. The third-order valence-electron chi connectivity index (χ3n) is 3.13. The third kappa shape index (κ3) is 2.55. The average molecular weight is 285 g/mol. The van der Waals surface area contributed by atoms with Gasteiger partial charge in [-0.25, -0.2) is 14.3 Å². The summed E-state index contributed by atoms with van der Waals surface area (Å²) in [6.45, 7) is 0.163. The van der Waals surface area contributed by atoms with Gasteiger partial charge in [0.05, 0.1) is 12.1 Å². The Bertz CT molecular complexity index is 839. The largest absolute Gasteiger partial charge is 0.507 e. The Morgan fingerprint density at radius 2 is 2.00 bits per heavy atom. The van der Waals surface area contributed by atoms with Gasteiger partial charge in [0.25, 0.3) is 0 Å². The Kier molecular flexibility index (Phi) is 3.27. The van der Waals surface area contributed by atoms with Crippen LogP contribution in [0.3, 0.4) is 0 Å². The van der Waals surface area contributed by atoms with Gasteiger partial charge in [-0.05, 0) is 29.8 Å². The number of phenolic OH excluding ortho intramolecular Hbond substituents is 1. The van der Waals surface area contributed by atoms with Crippen molar-refractivity contribution in [3.63, 3.8) is 0 Å². The molecule has 106 valence electrons. The predicted octanol–water partition coefficient (Wildman–Crippen LogP) is 2.13. The number of rotatable bonds is 3. The zero-order chi connectivity index (χ0) is 14.8. The summed E-state index contributed by atoms with van der Waals surface area (Å²) in [6.07, 6.45) is 0. The van der Waals surface area contributed by atoms with E-state index in [1.54, 1.807) is 30.3 Å². The minimum Gasteiger partial charge on any atom is -0.507 e. The molecule has 3 aromatic rings. The second kappa shape index (κ2) is 5.24.